The zero-order chi connectivity index (χ0) is 35.5. The van der Waals surface area contributed by atoms with Gasteiger partial charge in [-0.05, 0) is 111 Å². The minimum atomic E-state index is -0.145. The van der Waals surface area contributed by atoms with E-state index in [1.165, 1.54) is 67.3 Å². The number of fused-ring (bicyclic) bond motifs is 5. The van der Waals surface area contributed by atoms with Crippen molar-refractivity contribution in [3.8, 4) is 11.1 Å². The Labute approximate surface area is 308 Å². The molecule has 2 heteroatoms. The Bertz CT molecular complexity index is 2420. The number of hydrogen-bond acceptors (Lipinski definition) is 2. The zero-order valence-corrected chi connectivity index (χ0v) is 30.2. The summed E-state index contributed by atoms with van der Waals surface area (Å²) in [6.45, 7) is 9.44. The first-order valence-electron chi connectivity index (χ1n) is 18.3. The summed E-state index contributed by atoms with van der Waals surface area (Å²) in [5, 5.41) is 0. The third-order valence-electron chi connectivity index (χ3n) is 11.2. The number of benzene rings is 7. The van der Waals surface area contributed by atoms with Crippen LogP contribution in [-0.2, 0) is 10.8 Å². The fraction of sp³-hybridized carbons (Fsp3) is 0.120. The van der Waals surface area contributed by atoms with E-state index in [-0.39, 0.29) is 10.8 Å². The van der Waals surface area contributed by atoms with Gasteiger partial charge in [0.05, 0.1) is 11.4 Å². The molecule has 9 rings (SSSR count). The summed E-state index contributed by atoms with van der Waals surface area (Å²) in [6.07, 6.45) is 4.55. The number of hydrogen-bond donors (Lipinski definition) is 0. The van der Waals surface area contributed by atoms with Crippen molar-refractivity contribution in [3.05, 3.63) is 203 Å². The molecule has 0 aromatic heterocycles. The molecule has 0 saturated carbocycles. The molecule has 0 saturated heterocycles. The Morgan fingerprint density at radius 2 is 0.885 bits per heavy atom. The van der Waals surface area contributed by atoms with Crippen molar-refractivity contribution >= 4 is 46.3 Å². The molecule has 1 aliphatic heterocycles. The van der Waals surface area contributed by atoms with Gasteiger partial charge in [0.25, 0.3) is 0 Å². The molecule has 0 amide bonds. The van der Waals surface area contributed by atoms with Crippen LogP contribution in [0.1, 0.15) is 61.1 Å². The smallest absolute Gasteiger partial charge is 0.0503 e. The standard InChI is InChI=1S/C50H42N2/c1-49(2)43-22-14-15-23-47(43)52(39-20-12-7-13-21-39)48-31-27-36(33-46(48)49)25-24-35-26-29-41-42-30-28-40(34-45(42)50(3,4)44(41)32-35)51(37-16-8-5-9-17-37)38-18-10-6-11-19-38/h5-34H,1-4H3/b25-24+. The van der Waals surface area contributed by atoms with Crippen LogP contribution in [0.4, 0.5) is 34.1 Å². The van der Waals surface area contributed by atoms with Crippen molar-refractivity contribution in [3.63, 3.8) is 0 Å². The maximum atomic E-state index is 2.41. The van der Waals surface area contributed by atoms with Crippen LogP contribution in [0.25, 0.3) is 23.3 Å². The van der Waals surface area contributed by atoms with Gasteiger partial charge in [-0.25, -0.2) is 0 Å². The lowest BCUT2D eigenvalue weighted by molar-refractivity contribution is 0.631. The lowest BCUT2D eigenvalue weighted by Crippen LogP contribution is -2.30. The molecule has 2 aliphatic rings. The maximum Gasteiger partial charge on any atom is 0.0503 e. The van der Waals surface area contributed by atoms with E-state index in [4.69, 9.17) is 0 Å². The normalized spacial score (nSPS) is 14.7. The van der Waals surface area contributed by atoms with E-state index >= 15 is 0 Å². The molecule has 0 radical (unpaired) electrons. The zero-order valence-electron chi connectivity index (χ0n) is 30.2. The van der Waals surface area contributed by atoms with Gasteiger partial charge in [0.2, 0.25) is 0 Å². The van der Waals surface area contributed by atoms with Crippen LogP contribution in [0.15, 0.2) is 170 Å². The van der Waals surface area contributed by atoms with E-state index < -0.39 is 0 Å². The third kappa shape index (κ3) is 5.17. The van der Waals surface area contributed by atoms with Gasteiger partial charge < -0.3 is 9.80 Å². The van der Waals surface area contributed by atoms with Gasteiger partial charge in [-0.15, -0.1) is 0 Å². The minimum Gasteiger partial charge on any atom is -0.310 e. The van der Waals surface area contributed by atoms with E-state index in [0.29, 0.717) is 0 Å². The van der Waals surface area contributed by atoms with Crippen molar-refractivity contribution in [2.24, 2.45) is 0 Å². The third-order valence-corrected chi connectivity index (χ3v) is 11.2. The van der Waals surface area contributed by atoms with Crippen LogP contribution in [0.2, 0.25) is 0 Å². The first-order valence-corrected chi connectivity index (χ1v) is 18.3. The second-order valence-electron chi connectivity index (χ2n) is 15.1. The molecule has 2 nitrogen and oxygen atoms in total. The van der Waals surface area contributed by atoms with Crippen LogP contribution in [0, 0.1) is 0 Å². The molecule has 0 N–H and O–H groups in total. The Kier molecular flexibility index (Phi) is 7.52. The summed E-state index contributed by atoms with van der Waals surface area (Å²) in [6, 6.07) is 61.8. The summed E-state index contributed by atoms with van der Waals surface area (Å²) in [7, 11) is 0. The fourth-order valence-corrected chi connectivity index (χ4v) is 8.46. The van der Waals surface area contributed by atoms with E-state index in [1.807, 2.05) is 0 Å². The molecule has 0 spiro atoms. The Hall–Kier alpha value is -6.12. The topological polar surface area (TPSA) is 6.48 Å². The van der Waals surface area contributed by atoms with Crippen molar-refractivity contribution in [2.75, 3.05) is 9.80 Å². The highest BCUT2D eigenvalue weighted by atomic mass is 15.2. The van der Waals surface area contributed by atoms with Crippen LogP contribution < -0.4 is 9.80 Å². The molecule has 52 heavy (non-hydrogen) atoms. The van der Waals surface area contributed by atoms with Crippen molar-refractivity contribution in [2.45, 2.75) is 38.5 Å². The SMILES string of the molecule is CC1(C)c2cc(/C=C/c3ccc4c(c3)C(C)(C)c3ccccc3N4c3ccccc3)ccc2-c2ccc(N(c3ccccc3)c3ccccc3)cc21. The molecule has 1 aliphatic carbocycles. The number of anilines is 6. The van der Waals surface area contributed by atoms with Crippen LogP contribution >= 0.6 is 0 Å². The minimum absolute atomic E-state index is 0.139. The van der Waals surface area contributed by atoms with Gasteiger partial charge >= 0.3 is 0 Å². The summed E-state index contributed by atoms with van der Waals surface area (Å²) in [5.41, 5.74) is 17.3. The van der Waals surface area contributed by atoms with E-state index in [9.17, 15) is 0 Å². The predicted molar refractivity (Wildman–Crippen MR) is 221 cm³/mol. The van der Waals surface area contributed by atoms with Gasteiger partial charge in [0.15, 0.2) is 0 Å². The summed E-state index contributed by atoms with van der Waals surface area (Å²) in [5.74, 6) is 0. The molecule has 1 heterocycles. The average Bonchev–Trinajstić information content (AvgIpc) is 3.40. The quantitative estimate of drug-likeness (QED) is 0.163. The molecular weight excluding hydrogens is 629 g/mol. The van der Waals surface area contributed by atoms with E-state index in [0.717, 1.165) is 11.4 Å². The maximum absolute atomic E-state index is 2.41. The molecule has 0 bridgehead atoms. The largest absolute Gasteiger partial charge is 0.310 e. The number of para-hydroxylation sites is 4. The van der Waals surface area contributed by atoms with Crippen LogP contribution in [0.3, 0.4) is 0 Å². The number of nitrogens with zero attached hydrogens (tertiary/aromatic N) is 2. The molecule has 252 valence electrons. The van der Waals surface area contributed by atoms with Gasteiger partial charge in [-0.1, -0.05) is 143 Å². The van der Waals surface area contributed by atoms with Crippen molar-refractivity contribution in [1.82, 2.24) is 0 Å². The number of rotatable bonds is 6. The van der Waals surface area contributed by atoms with Gasteiger partial charge in [0.1, 0.15) is 0 Å². The van der Waals surface area contributed by atoms with Gasteiger partial charge in [-0.3, -0.25) is 0 Å². The summed E-state index contributed by atoms with van der Waals surface area (Å²) in [4.78, 5) is 4.76. The highest BCUT2D eigenvalue weighted by Crippen LogP contribution is 2.53. The Morgan fingerprint density at radius 1 is 0.404 bits per heavy atom. The summed E-state index contributed by atoms with van der Waals surface area (Å²) >= 11 is 0. The second-order valence-corrected chi connectivity index (χ2v) is 15.1. The molecule has 7 aromatic rings. The molecule has 0 unspecified atom stereocenters. The molecule has 7 aromatic carbocycles. The predicted octanol–water partition coefficient (Wildman–Crippen LogP) is 13.7. The monoisotopic (exact) mass is 670 g/mol. The lowest BCUT2D eigenvalue weighted by atomic mass is 9.73. The van der Waals surface area contributed by atoms with Crippen molar-refractivity contribution in [1.29, 1.82) is 0 Å². The van der Waals surface area contributed by atoms with E-state index in [2.05, 4.69) is 220 Å². The first kappa shape index (κ1) is 31.8. The Balaban J connectivity index is 1.05. The van der Waals surface area contributed by atoms with Gasteiger partial charge in [-0.2, -0.15) is 0 Å². The lowest BCUT2D eigenvalue weighted by Gasteiger charge is -2.42. The van der Waals surface area contributed by atoms with E-state index in [1.54, 1.807) is 0 Å². The highest BCUT2D eigenvalue weighted by molar-refractivity contribution is 5.89. The van der Waals surface area contributed by atoms with Crippen LogP contribution in [0.5, 0.6) is 0 Å². The van der Waals surface area contributed by atoms with Gasteiger partial charge in [0, 0.05) is 33.6 Å². The van der Waals surface area contributed by atoms with Crippen LogP contribution in [-0.4, -0.2) is 0 Å². The second kappa shape index (κ2) is 12.3. The average molecular weight is 671 g/mol. The first-order chi connectivity index (χ1) is 25.3. The fourth-order valence-electron chi connectivity index (χ4n) is 8.46. The van der Waals surface area contributed by atoms with Crippen molar-refractivity contribution < 1.29 is 0 Å². The molecule has 0 atom stereocenters. The highest BCUT2D eigenvalue weighted by Gasteiger charge is 2.38. The summed E-state index contributed by atoms with van der Waals surface area (Å²) < 4.78 is 0. The molecule has 0 fully saturated rings. The molecular formula is C50H42N2. The Morgan fingerprint density at radius 3 is 1.54 bits per heavy atom.